The van der Waals surface area contributed by atoms with E-state index >= 15 is 0 Å². The van der Waals surface area contributed by atoms with E-state index in [2.05, 4.69) is 0 Å². The van der Waals surface area contributed by atoms with Crippen molar-refractivity contribution >= 4 is 40.1 Å². The maximum absolute atomic E-state index is 13.4. The van der Waals surface area contributed by atoms with Crippen molar-refractivity contribution in [1.82, 2.24) is 4.90 Å². The van der Waals surface area contributed by atoms with Crippen LogP contribution in [0.4, 0.5) is 0 Å². The molecule has 5 rings (SSSR count). The lowest BCUT2D eigenvalue weighted by Crippen LogP contribution is -2.31. The van der Waals surface area contributed by atoms with Crippen LogP contribution >= 0.6 is 23.2 Å². The van der Waals surface area contributed by atoms with Crippen molar-refractivity contribution in [2.45, 2.75) is 12.5 Å². The minimum absolute atomic E-state index is 0.0906. The number of para-hydroxylation sites is 1. The Morgan fingerprint density at radius 3 is 2.39 bits per heavy atom. The number of nitrogens with zero attached hydrogens (tertiary/aromatic N) is 1. The molecule has 1 aliphatic rings. The van der Waals surface area contributed by atoms with Gasteiger partial charge in [-0.2, -0.15) is 0 Å². The second-order valence-corrected chi connectivity index (χ2v) is 8.29. The predicted octanol–water partition coefficient (Wildman–Crippen LogP) is 5.89. The summed E-state index contributed by atoms with van der Waals surface area (Å²) in [4.78, 5) is 28.5. The average molecular weight is 450 g/mol. The molecule has 1 atom stereocenters. The maximum atomic E-state index is 13.4. The van der Waals surface area contributed by atoms with E-state index in [1.54, 1.807) is 47.4 Å². The lowest BCUT2D eigenvalue weighted by molar-refractivity contribution is 0.0730. The molecule has 31 heavy (non-hydrogen) atoms. The van der Waals surface area contributed by atoms with Crippen molar-refractivity contribution in [3.05, 3.63) is 116 Å². The number of fused-ring (bicyclic) bond motifs is 2. The minimum Gasteiger partial charge on any atom is -0.450 e. The summed E-state index contributed by atoms with van der Waals surface area (Å²) in [6.45, 7) is 0.424. The molecule has 2 heterocycles. The Labute approximate surface area is 188 Å². The molecular formula is C25H17Cl2NO3. The third kappa shape index (κ3) is 3.42. The zero-order valence-electron chi connectivity index (χ0n) is 16.3. The van der Waals surface area contributed by atoms with Crippen LogP contribution in [0.15, 0.2) is 82.0 Å². The van der Waals surface area contributed by atoms with Gasteiger partial charge in [-0.25, -0.2) is 0 Å². The van der Waals surface area contributed by atoms with Crippen LogP contribution in [0, 0.1) is 0 Å². The largest absolute Gasteiger partial charge is 0.450 e. The Kier molecular flexibility index (Phi) is 5.05. The molecule has 0 radical (unpaired) electrons. The summed E-state index contributed by atoms with van der Waals surface area (Å²) in [6.07, 6.45) is 0.645. The Morgan fingerprint density at radius 2 is 1.61 bits per heavy atom. The van der Waals surface area contributed by atoms with Gasteiger partial charge < -0.3 is 9.32 Å². The second kappa shape index (κ2) is 7.88. The van der Waals surface area contributed by atoms with Crippen LogP contribution < -0.4 is 5.43 Å². The molecule has 6 heteroatoms. The molecule has 0 N–H and O–H groups in total. The van der Waals surface area contributed by atoms with Gasteiger partial charge in [-0.1, -0.05) is 71.7 Å². The third-order valence-corrected chi connectivity index (χ3v) is 6.36. The third-order valence-electron chi connectivity index (χ3n) is 5.62. The van der Waals surface area contributed by atoms with Crippen molar-refractivity contribution in [2.24, 2.45) is 0 Å². The summed E-state index contributed by atoms with van der Waals surface area (Å²) in [5, 5.41) is 1.23. The molecule has 4 aromatic rings. The van der Waals surface area contributed by atoms with E-state index in [1.807, 2.05) is 30.3 Å². The number of carbonyl (C=O) groups excluding carboxylic acids is 1. The highest BCUT2D eigenvalue weighted by Gasteiger charge is 2.42. The summed E-state index contributed by atoms with van der Waals surface area (Å²) in [6, 6.07) is 21.5. The molecule has 0 saturated heterocycles. The van der Waals surface area contributed by atoms with Gasteiger partial charge >= 0.3 is 0 Å². The van der Waals surface area contributed by atoms with Crippen LogP contribution in [0.5, 0.6) is 0 Å². The highest BCUT2D eigenvalue weighted by molar-refractivity contribution is 6.42. The van der Waals surface area contributed by atoms with Crippen LogP contribution in [0.3, 0.4) is 0 Å². The van der Waals surface area contributed by atoms with E-state index in [9.17, 15) is 9.59 Å². The number of amides is 1. The number of rotatable bonds is 4. The molecule has 4 nitrogen and oxygen atoms in total. The van der Waals surface area contributed by atoms with E-state index < -0.39 is 6.04 Å². The summed E-state index contributed by atoms with van der Waals surface area (Å²) in [7, 11) is 0. The van der Waals surface area contributed by atoms with Crippen molar-refractivity contribution < 1.29 is 9.21 Å². The Morgan fingerprint density at radius 1 is 0.871 bits per heavy atom. The summed E-state index contributed by atoms with van der Waals surface area (Å²) in [5.41, 5.74) is 2.36. The fourth-order valence-corrected chi connectivity index (χ4v) is 4.43. The topological polar surface area (TPSA) is 50.5 Å². The predicted molar refractivity (Wildman–Crippen MR) is 122 cm³/mol. The second-order valence-electron chi connectivity index (χ2n) is 7.48. The zero-order chi connectivity index (χ0) is 21.5. The summed E-state index contributed by atoms with van der Waals surface area (Å²) in [5.74, 6) is -0.210. The van der Waals surface area contributed by atoms with Gasteiger partial charge in [-0.15, -0.1) is 0 Å². The number of halogens is 2. The highest BCUT2D eigenvalue weighted by atomic mass is 35.5. The van der Waals surface area contributed by atoms with E-state index in [-0.39, 0.29) is 17.1 Å². The quantitative estimate of drug-likeness (QED) is 0.390. The highest BCUT2D eigenvalue weighted by Crippen LogP contribution is 2.39. The van der Waals surface area contributed by atoms with Crippen LogP contribution in [-0.2, 0) is 6.42 Å². The van der Waals surface area contributed by atoms with E-state index in [0.29, 0.717) is 39.5 Å². The molecule has 1 amide bonds. The van der Waals surface area contributed by atoms with Crippen LogP contribution in [0.2, 0.25) is 10.0 Å². The normalized spacial score (nSPS) is 15.5. The summed E-state index contributed by atoms with van der Waals surface area (Å²) >= 11 is 12.4. The molecule has 0 spiro atoms. The fraction of sp³-hybridized carbons (Fsp3) is 0.120. The van der Waals surface area contributed by atoms with E-state index in [1.165, 1.54) is 0 Å². The molecule has 1 aromatic heterocycles. The first-order chi connectivity index (χ1) is 15.0. The van der Waals surface area contributed by atoms with Gasteiger partial charge in [0.1, 0.15) is 5.58 Å². The molecular weight excluding hydrogens is 433 g/mol. The first-order valence-corrected chi connectivity index (χ1v) is 10.7. The summed E-state index contributed by atoms with van der Waals surface area (Å²) < 4.78 is 5.94. The Bertz CT molecular complexity index is 1360. The molecule has 1 aliphatic heterocycles. The van der Waals surface area contributed by atoms with E-state index in [4.69, 9.17) is 27.6 Å². The number of hydrogen-bond donors (Lipinski definition) is 0. The van der Waals surface area contributed by atoms with Crippen molar-refractivity contribution in [1.29, 1.82) is 0 Å². The Hall–Kier alpha value is -3.08. The Balaban J connectivity index is 1.66. The zero-order valence-corrected chi connectivity index (χ0v) is 17.9. The molecule has 0 saturated carbocycles. The maximum Gasteiger partial charge on any atom is 0.290 e. The number of benzene rings is 3. The van der Waals surface area contributed by atoms with Crippen LogP contribution in [0.25, 0.3) is 11.0 Å². The smallest absolute Gasteiger partial charge is 0.290 e. The molecule has 0 aliphatic carbocycles. The van der Waals surface area contributed by atoms with Crippen LogP contribution in [-0.4, -0.2) is 17.4 Å². The van der Waals surface area contributed by atoms with Gasteiger partial charge in [0.2, 0.25) is 5.76 Å². The standard InChI is InChI=1S/C25H17Cl2NO3/c26-18-11-10-16(14-19(18)27)22-21-23(29)17-8-4-5-9-20(17)31-24(21)25(30)28(22)13-12-15-6-2-1-3-7-15/h1-11,14,22H,12-13H2/t22-/m1/s1. The van der Waals surface area contributed by atoms with Gasteiger partial charge in [0.05, 0.1) is 27.0 Å². The first kappa shape index (κ1) is 19.9. The lowest BCUT2D eigenvalue weighted by Gasteiger charge is -2.25. The van der Waals surface area contributed by atoms with Crippen molar-refractivity contribution in [2.75, 3.05) is 6.54 Å². The van der Waals surface area contributed by atoms with Gasteiger partial charge in [-0.3, -0.25) is 9.59 Å². The monoisotopic (exact) mass is 449 g/mol. The van der Waals surface area contributed by atoms with Gasteiger partial charge in [0.15, 0.2) is 5.43 Å². The van der Waals surface area contributed by atoms with Gasteiger partial charge in [-0.05, 0) is 41.8 Å². The minimum atomic E-state index is -0.596. The van der Waals surface area contributed by atoms with Gasteiger partial charge in [0.25, 0.3) is 5.91 Å². The van der Waals surface area contributed by atoms with Gasteiger partial charge in [0, 0.05) is 6.54 Å². The SMILES string of the molecule is O=C1c2oc3ccccc3c(=O)c2[C@@H](c2ccc(Cl)c(Cl)c2)N1CCc1ccccc1. The van der Waals surface area contributed by atoms with Crippen LogP contribution in [0.1, 0.15) is 33.3 Å². The molecule has 0 bridgehead atoms. The molecule has 0 unspecified atom stereocenters. The molecule has 0 fully saturated rings. The first-order valence-electron chi connectivity index (χ1n) is 9.90. The number of carbonyl (C=O) groups is 1. The molecule has 154 valence electrons. The van der Waals surface area contributed by atoms with Crippen molar-refractivity contribution in [3.63, 3.8) is 0 Å². The van der Waals surface area contributed by atoms with E-state index in [0.717, 1.165) is 11.1 Å². The lowest BCUT2D eigenvalue weighted by atomic mass is 9.98. The average Bonchev–Trinajstić information content (AvgIpc) is 3.07. The number of hydrogen-bond acceptors (Lipinski definition) is 3. The molecule has 3 aromatic carbocycles. The van der Waals surface area contributed by atoms with Crippen molar-refractivity contribution in [3.8, 4) is 0 Å². The fourth-order valence-electron chi connectivity index (χ4n) is 4.12.